The van der Waals surface area contributed by atoms with E-state index in [0.29, 0.717) is 13.1 Å². The molecular weight excluding hydrogens is 260 g/mol. The van der Waals surface area contributed by atoms with Crippen LogP contribution in [0, 0.1) is 5.92 Å². The van der Waals surface area contributed by atoms with Crippen LogP contribution in [-0.2, 0) is 6.54 Å². The van der Waals surface area contributed by atoms with E-state index in [-0.39, 0.29) is 30.6 Å². The monoisotopic (exact) mass is 282 g/mol. The van der Waals surface area contributed by atoms with Gasteiger partial charge in [-0.25, -0.2) is 4.79 Å². The van der Waals surface area contributed by atoms with Gasteiger partial charge in [0.2, 0.25) is 0 Å². The number of H-pyrrole nitrogens is 1. The zero-order valence-electron chi connectivity index (χ0n) is 11.9. The van der Waals surface area contributed by atoms with Crippen LogP contribution in [0.2, 0.25) is 0 Å². The molecule has 1 rings (SSSR count). The third-order valence-electron chi connectivity index (χ3n) is 2.80. The van der Waals surface area contributed by atoms with Crippen LogP contribution in [0.4, 0.5) is 11.5 Å². The van der Waals surface area contributed by atoms with Gasteiger partial charge in [0, 0.05) is 19.6 Å². The van der Waals surface area contributed by atoms with Crippen molar-refractivity contribution in [3.05, 3.63) is 33.5 Å². The van der Waals surface area contributed by atoms with Gasteiger partial charge in [-0.05, 0) is 5.92 Å². The molecule has 0 unspecified atom stereocenters. The Bertz CT molecular complexity index is 574. The summed E-state index contributed by atoms with van der Waals surface area (Å²) in [5.41, 5.74) is 5.10. The average molecular weight is 282 g/mol. The molecule has 1 aromatic rings. The smallest absolute Gasteiger partial charge is 0.330 e. The van der Waals surface area contributed by atoms with Gasteiger partial charge >= 0.3 is 5.69 Å². The van der Waals surface area contributed by atoms with Crippen LogP contribution < -0.4 is 21.9 Å². The number of hydrogen-bond donors (Lipinski definition) is 3. The predicted octanol–water partition coefficient (Wildman–Crippen LogP) is -0.240. The second-order valence-electron chi connectivity index (χ2n) is 4.96. The molecule has 0 saturated heterocycles. The van der Waals surface area contributed by atoms with E-state index in [4.69, 9.17) is 10.8 Å². The number of aromatic amines is 1. The maximum atomic E-state index is 12.0. The molecule has 0 bridgehead atoms. The van der Waals surface area contributed by atoms with Crippen LogP contribution in [0.25, 0.3) is 0 Å². The maximum absolute atomic E-state index is 12.0. The summed E-state index contributed by atoms with van der Waals surface area (Å²) < 4.78 is 1.34. The van der Waals surface area contributed by atoms with Crippen molar-refractivity contribution in [2.45, 2.75) is 20.4 Å². The quantitative estimate of drug-likeness (QED) is 0.599. The Kier molecular flexibility index (Phi) is 5.57. The van der Waals surface area contributed by atoms with E-state index in [9.17, 15) is 9.59 Å². The summed E-state index contributed by atoms with van der Waals surface area (Å²) in [5, 5.41) is 9.08. The summed E-state index contributed by atoms with van der Waals surface area (Å²) in [6.07, 6.45) is 1.60. The number of anilines is 2. The summed E-state index contributed by atoms with van der Waals surface area (Å²) in [6, 6.07) is 0. The normalized spacial score (nSPS) is 10.8. The number of nitrogens with one attached hydrogen (secondary N) is 1. The average Bonchev–Trinajstić information content (AvgIpc) is 2.34. The van der Waals surface area contributed by atoms with Gasteiger partial charge in [0.25, 0.3) is 5.56 Å². The third kappa shape index (κ3) is 3.51. The molecule has 0 aliphatic carbocycles. The fourth-order valence-corrected chi connectivity index (χ4v) is 2.00. The molecule has 0 spiro atoms. The van der Waals surface area contributed by atoms with Crippen molar-refractivity contribution in [3.63, 3.8) is 0 Å². The van der Waals surface area contributed by atoms with E-state index in [0.717, 1.165) is 0 Å². The first-order valence-electron chi connectivity index (χ1n) is 6.51. The first kappa shape index (κ1) is 16.0. The molecule has 0 atom stereocenters. The minimum Gasteiger partial charge on any atom is -0.395 e. The molecule has 0 aromatic carbocycles. The minimum atomic E-state index is -0.553. The van der Waals surface area contributed by atoms with E-state index in [2.05, 4.69) is 11.6 Å². The second-order valence-corrected chi connectivity index (χ2v) is 4.96. The van der Waals surface area contributed by atoms with E-state index < -0.39 is 11.2 Å². The molecule has 7 heteroatoms. The van der Waals surface area contributed by atoms with Crippen molar-refractivity contribution < 1.29 is 5.11 Å². The highest BCUT2D eigenvalue weighted by Crippen LogP contribution is 2.17. The Hall–Kier alpha value is -2.02. The van der Waals surface area contributed by atoms with Gasteiger partial charge in [0.1, 0.15) is 11.5 Å². The highest BCUT2D eigenvalue weighted by atomic mass is 16.3. The van der Waals surface area contributed by atoms with Crippen molar-refractivity contribution in [1.29, 1.82) is 0 Å². The Labute approximate surface area is 117 Å². The van der Waals surface area contributed by atoms with E-state index in [1.54, 1.807) is 11.0 Å². The molecule has 0 fully saturated rings. The Balaban J connectivity index is 3.41. The summed E-state index contributed by atoms with van der Waals surface area (Å²) >= 11 is 0. The van der Waals surface area contributed by atoms with Crippen molar-refractivity contribution in [2.75, 3.05) is 30.3 Å². The summed E-state index contributed by atoms with van der Waals surface area (Å²) in [6.45, 7) is 8.39. The third-order valence-corrected chi connectivity index (χ3v) is 2.80. The van der Waals surface area contributed by atoms with Gasteiger partial charge in [-0.15, -0.1) is 6.58 Å². The molecule has 0 radical (unpaired) electrons. The lowest BCUT2D eigenvalue weighted by molar-refractivity contribution is 0.303. The topological polar surface area (TPSA) is 104 Å². The fraction of sp³-hybridized carbons (Fsp3) is 0.538. The SMILES string of the molecule is C=CCN(CCO)c1c(N)n(CC(C)C)c(=O)[nH]c1=O. The number of nitrogens with two attached hydrogens (primary N) is 1. The Morgan fingerprint density at radius 1 is 1.50 bits per heavy atom. The van der Waals surface area contributed by atoms with Crippen LogP contribution in [0.15, 0.2) is 22.2 Å². The number of aliphatic hydroxyl groups excluding tert-OH is 1. The summed E-state index contributed by atoms with van der Waals surface area (Å²) in [4.78, 5) is 27.7. The van der Waals surface area contributed by atoms with Crippen molar-refractivity contribution in [1.82, 2.24) is 9.55 Å². The maximum Gasteiger partial charge on any atom is 0.330 e. The first-order valence-corrected chi connectivity index (χ1v) is 6.51. The first-order chi connectivity index (χ1) is 9.42. The molecule has 0 amide bonds. The van der Waals surface area contributed by atoms with Gasteiger partial charge in [-0.2, -0.15) is 0 Å². The minimum absolute atomic E-state index is 0.114. The molecule has 112 valence electrons. The van der Waals surface area contributed by atoms with Crippen LogP contribution in [0.3, 0.4) is 0 Å². The van der Waals surface area contributed by atoms with Crippen LogP contribution in [0.5, 0.6) is 0 Å². The number of aromatic nitrogens is 2. The van der Waals surface area contributed by atoms with Crippen molar-refractivity contribution in [3.8, 4) is 0 Å². The van der Waals surface area contributed by atoms with Gasteiger partial charge in [-0.1, -0.05) is 19.9 Å². The predicted molar refractivity (Wildman–Crippen MR) is 80.1 cm³/mol. The lowest BCUT2D eigenvalue weighted by atomic mass is 10.2. The summed E-state index contributed by atoms with van der Waals surface area (Å²) in [5.74, 6) is 0.321. The van der Waals surface area contributed by atoms with Gasteiger partial charge in [0.05, 0.1) is 6.61 Å². The van der Waals surface area contributed by atoms with Gasteiger partial charge < -0.3 is 15.7 Å². The molecule has 0 aliphatic heterocycles. The molecule has 7 nitrogen and oxygen atoms in total. The van der Waals surface area contributed by atoms with E-state index in [1.807, 2.05) is 13.8 Å². The Morgan fingerprint density at radius 3 is 2.65 bits per heavy atom. The summed E-state index contributed by atoms with van der Waals surface area (Å²) in [7, 11) is 0. The molecule has 0 aliphatic rings. The van der Waals surface area contributed by atoms with Crippen LogP contribution in [-0.4, -0.2) is 34.4 Å². The highest BCUT2D eigenvalue weighted by Gasteiger charge is 2.18. The van der Waals surface area contributed by atoms with Gasteiger partial charge in [0.15, 0.2) is 0 Å². The molecule has 0 saturated carbocycles. The molecule has 20 heavy (non-hydrogen) atoms. The number of rotatable bonds is 7. The molecule has 1 aromatic heterocycles. The van der Waals surface area contributed by atoms with Crippen molar-refractivity contribution in [2.24, 2.45) is 5.92 Å². The highest BCUT2D eigenvalue weighted by molar-refractivity contribution is 5.62. The lowest BCUT2D eigenvalue weighted by Crippen LogP contribution is -2.40. The zero-order valence-corrected chi connectivity index (χ0v) is 11.9. The van der Waals surface area contributed by atoms with Crippen LogP contribution in [0.1, 0.15) is 13.8 Å². The van der Waals surface area contributed by atoms with Crippen molar-refractivity contribution >= 4 is 11.5 Å². The number of nitrogens with zero attached hydrogens (tertiary/aromatic N) is 2. The number of aliphatic hydroxyl groups is 1. The molecule has 4 N–H and O–H groups in total. The fourth-order valence-electron chi connectivity index (χ4n) is 2.00. The number of nitrogen functional groups attached to an aromatic ring is 1. The van der Waals surface area contributed by atoms with Gasteiger partial charge in [-0.3, -0.25) is 14.3 Å². The van der Waals surface area contributed by atoms with E-state index >= 15 is 0 Å². The zero-order chi connectivity index (χ0) is 15.3. The molecular formula is C13H22N4O3. The van der Waals surface area contributed by atoms with Crippen LogP contribution >= 0.6 is 0 Å². The number of hydrogen-bond acceptors (Lipinski definition) is 5. The second kappa shape index (κ2) is 6.95. The largest absolute Gasteiger partial charge is 0.395 e. The molecule has 1 heterocycles. The Morgan fingerprint density at radius 2 is 2.15 bits per heavy atom. The lowest BCUT2D eigenvalue weighted by Gasteiger charge is -2.24. The van der Waals surface area contributed by atoms with E-state index in [1.165, 1.54) is 4.57 Å². The standard InChI is InChI=1S/C13H22N4O3/c1-4-5-16(6-7-18)10-11(14)17(8-9(2)3)13(20)15-12(10)19/h4,9,18H,1,5-8,14H2,2-3H3,(H,15,19,20).